The van der Waals surface area contributed by atoms with E-state index >= 15 is 0 Å². The summed E-state index contributed by atoms with van der Waals surface area (Å²) in [6.07, 6.45) is 0. The molecule has 1 aromatic rings. The molecule has 0 aliphatic carbocycles. The lowest BCUT2D eigenvalue weighted by atomic mass is 9.85. The lowest BCUT2D eigenvalue weighted by Crippen LogP contribution is -2.51. The van der Waals surface area contributed by atoms with E-state index in [2.05, 4.69) is 10.6 Å². The molecule has 5 heteroatoms. The third-order valence-corrected chi connectivity index (χ3v) is 3.81. The van der Waals surface area contributed by atoms with Crippen LogP contribution >= 0.6 is 0 Å². The zero-order valence-electron chi connectivity index (χ0n) is 12.6. The molecule has 0 saturated heterocycles. The Morgan fingerprint density at radius 1 is 1.33 bits per heavy atom. The van der Waals surface area contributed by atoms with E-state index in [1.54, 1.807) is 20.8 Å². The highest BCUT2D eigenvalue weighted by molar-refractivity contribution is 5.89. The van der Waals surface area contributed by atoms with Gasteiger partial charge in [0.15, 0.2) is 0 Å². The summed E-state index contributed by atoms with van der Waals surface area (Å²) in [5.41, 5.74) is 1.53. The van der Waals surface area contributed by atoms with E-state index in [1.807, 2.05) is 24.3 Å². The van der Waals surface area contributed by atoms with Gasteiger partial charge >= 0.3 is 5.97 Å². The zero-order chi connectivity index (χ0) is 15.6. The van der Waals surface area contributed by atoms with Gasteiger partial charge in [-0.25, -0.2) is 4.79 Å². The maximum atomic E-state index is 12.5. The third-order valence-electron chi connectivity index (χ3n) is 3.81. The average molecular weight is 290 g/mol. The number of nitrogens with one attached hydrogen (secondary N) is 2. The summed E-state index contributed by atoms with van der Waals surface area (Å²) in [6, 6.07) is 6.87. The van der Waals surface area contributed by atoms with Crippen molar-refractivity contribution in [3.63, 3.8) is 0 Å². The molecular weight excluding hydrogens is 268 g/mol. The smallest absolute Gasteiger partial charge is 0.326 e. The summed E-state index contributed by atoms with van der Waals surface area (Å²) >= 11 is 0. The number of aliphatic carboxylic acids is 1. The molecule has 1 aliphatic heterocycles. The van der Waals surface area contributed by atoms with Gasteiger partial charge in [-0.05, 0) is 16.5 Å². The number of fused-ring (bicyclic) bond motifs is 1. The van der Waals surface area contributed by atoms with E-state index in [0.717, 1.165) is 17.7 Å². The Morgan fingerprint density at radius 3 is 2.62 bits per heavy atom. The second-order valence-electron chi connectivity index (χ2n) is 6.53. The number of benzene rings is 1. The minimum Gasteiger partial charge on any atom is -0.480 e. The molecule has 1 unspecified atom stereocenters. The number of hydrogen-bond acceptors (Lipinski definition) is 3. The molecule has 5 nitrogen and oxygen atoms in total. The molecule has 1 aliphatic rings. The molecule has 3 N–H and O–H groups in total. The quantitative estimate of drug-likeness (QED) is 0.788. The number of amides is 1. The highest BCUT2D eigenvalue weighted by atomic mass is 16.4. The number of carbonyl (C=O) groups excluding carboxylic acids is 1. The van der Waals surface area contributed by atoms with Crippen LogP contribution in [0.4, 0.5) is 0 Å². The molecule has 0 spiro atoms. The lowest BCUT2D eigenvalue weighted by Gasteiger charge is -2.31. The van der Waals surface area contributed by atoms with Crippen molar-refractivity contribution in [2.24, 2.45) is 5.41 Å². The summed E-state index contributed by atoms with van der Waals surface area (Å²) in [5, 5.41) is 15.2. The molecule has 0 aromatic heterocycles. The zero-order valence-corrected chi connectivity index (χ0v) is 12.6. The number of carbonyl (C=O) groups is 2. The Balaban J connectivity index is 2.20. The molecule has 0 bridgehead atoms. The first-order chi connectivity index (χ1) is 9.80. The van der Waals surface area contributed by atoms with Gasteiger partial charge in [0.2, 0.25) is 5.91 Å². The first kappa shape index (κ1) is 15.5. The fraction of sp³-hybridized carbons (Fsp3) is 0.500. The maximum Gasteiger partial charge on any atom is 0.326 e. The molecule has 0 fully saturated rings. The molecule has 2 rings (SSSR count). The Hall–Kier alpha value is -1.88. The highest BCUT2D eigenvalue weighted by Crippen LogP contribution is 2.25. The SMILES string of the molecule is CC(C)(C)[C@H](NC(=O)C1CNCc2ccccc21)C(=O)O. The van der Waals surface area contributed by atoms with Crippen molar-refractivity contribution in [3.05, 3.63) is 35.4 Å². The second-order valence-corrected chi connectivity index (χ2v) is 6.53. The normalized spacial score (nSPS) is 19.5. The first-order valence-electron chi connectivity index (χ1n) is 7.12. The van der Waals surface area contributed by atoms with Crippen LogP contribution in [0.25, 0.3) is 0 Å². The summed E-state index contributed by atoms with van der Waals surface area (Å²) in [4.78, 5) is 23.9. The molecule has 0 saturated carbocycles. The Bertz CT molecular complexity index is 549. The lowest BCUT2D eigenvalue weighted by molar-refractivity contribution is -0.145. The van der Waals surface area contributed by atoms with Gasteiger partial charge < -0.3 is 15.7 Å². The predicted molar refractivity (Wildman–Crippen MR) is 79.9 cm³/mol. The molecule has 1 heterocycles. The fourth-order valence-corrected chi connectivity index (χ4v) is 2.62. The van der Waals surface area contributed by atoms with E-state index in [0.29, 0.717) is 6.54 Å². The van der Waals surface area contributed by atoms with E-state index < -0.39 is 17.4 Å². The Kier molecular flexibility index (Phi) is 4.32. The van der Waals surface area contributed by atoms with Crippen molar-refractivity contribution in [1.82, 2.24) is 10.6 Å². The second kappa shape index (κ2) is 5.85. The van der Waals surface area contributed by atoms with Gasteiger partial charge in [0.1, 0.15) is 6.04 Å². The van der Waals surface area contributed by atoms with Crippen LogP contribution < -0.4 is 10.6 Å². The number of hydrogen-bond donors (Lipinski definition) is 3. The van der Waals surface area contributed by atoms with Crippen molar-refractivity contribution in [1.29, 1.82) is 0 Å². The van der Waals surface area contributed by atoms with Crippen molar-refractivity contribution in [3.8, 4) is 0 Å². The molecule has 114 valence electrons. The van der Waals surface area contributed by atoms with Gasteiger partial charge in [0, 0.05) is 13.1 Å². The summed E-state index contributed by atoms with van der Waals surface area (Å²) in [7, 11) is 0. The minimum atomic E-state index is -1.01. The summed E-state index contributed by atoms with van der Waals surface area (Å²) in [5.74, 6) is -1.59. The first-order valence-corrected chi connectivity index (χ1v) is 7.12. The van der Waals surface area contributed by atoms with Crippen LogP contribution in [-0.2, 0) is 16.1 Å². The molecule has 2 atom stereocenters. The van der Waals surface area contributed by atoms with Crippen LogP contribution in [-0.4, -0.2) is 29.6 Å². The fourth-order valence-electron chi connectivity index (χ4n) is 2.62. The summed E-state index contributed by atoms with van der Waals surface area (Å²) in [6.45, 7) is 6.68. The van der Waals surface area contributed by atoms with Gasteiger partial charge in [-0.15, -0.1) is 0 Å². The highest BCUT2D eigenvalue weighted by Gasteiger charge is 2.35. The van der Waals surface area contributed by atoms with Gasteiger partial charge in [-0.1, -0.05) is 45.0 Å². The van der Waals surface area contributed by atoms with Crippen LogP contribution in [0, 0.1) is 5.41 Å². The molecule has 1 aromatic carbocycles. The van der Waals surface area contributed by atoms with Crippen LogP contribution in [0.5, 0.6) is 0 Å². The molecular formula is C16H22N2O3. The Labute approximate surface area is 124 Å². The number of carboxylic acid groups (broad SMARTS) is 1. The van der Waals surface area contributed by atoms with Crippen LogP contribution in [0.3, 0.4) is 0 Å². The van der Waals surface area contributed by atoms with Crippen molar-refractivity contribution in [2.45, 2.75) is 39.3 Å². The monoisotopic (exact) mass is 290 g/mol. The largest absolute Gasteiger partial charge is 0.480 e. The van der Waals surface area contributed by atoms with Crippen molar-refractivity contribution >= 4 is 11.9 Å². The van der Waals surface area contributed by atoms with E-state index in [1.165, 1.54) is 0 Å². The number of rotatable bonds is 3. The maximum absolute atomic E-state index is 12.5. The summed E-state index contributed by atoms with van der Waals surface area (Å²) < 4.78 is 0. The van der Waals surface area contributed by atoms with Gasteiger partial charge in [-0.2, -0.15) is 0 Å². The van der Waals surface area contributed by atoms with E-state index in [9.17, 15) is 14.7 Å². The molecule has 1 amide bonds. The van der Waals surface area contributed by atoms with Gasteiger partial charge in [0.05, 0.1) is 5.92 Å². The van der Waals surface area contributed by atoms with Crippen LogP contribution in [0.2, 0.25) is 0 Å². The Morgan fingerprint density at radius 2 is 2.00 bits per heavy atom. The van der Waals surface area contributed by atoms with Crippen molar-refractivity contribution < 1.29 is 14.7 Å². The third kappa shape index (κ3) is 3.42. The van der Waals surface area contributed by atoms with Crippen LogP contribution in [0.1, 0.15) is 37.8 Å². The predicted octanol–water partition coefficient (Wildman–Crippen LogP) is 1.49. The van der Waals surface area contributed by atoms with Crippen molar-refractivity contribution in [2.75, 3.05) is 6.54 Å². The van der Waals surface area contributed by atoms with E-state index in [-0.39, 0.29) is 11.8 Å². The van der Waals surface area contributed by atoms with Gasteiger partial charge in [0.25, 0.3) is 0 Å². The molecule has 21 heavy (non-hydrogen) atoms. The average Bonchev–Trinajstić information content (AvgIpc) is 2.42. The standard InChI is InChI=1S/C16H22N2O3/c1-16(2,3)13(15(20)21)18-14(19)12-9-17-8-10-6-4-5-7-11(10)12/h4-7,12-13,17H,8-9H2,1-3H3,(H,18,19)(H,20,21)/t12?,13-/m1/s1. The van der Waals surface area contributed by atoms with Gasteiger partial charge in [-0.3, -0.25) is 4.79 Å². The van der Waals surface area contributed by atoms with E-state index in [4.69, 9.17) is 0 Å². The molecule has 0 radical (unpaired) electrons. The topological polar surface area (TPSA) is 78.4 Å². The van der Waals surface area contributed by atoms with Crippen LogP contribution in [0.15, 0.2) is 24.3 Å². The minimum absolute atomic E-state index is 0.239. The number of carboxylic acids is 1.